The molecule has 18 heteroatoms. The number of alkyl halides is 6. The Bertz CT molecular complexity index is 1380. The third kappa shape index (κ3) is 11.7. The molecule has 2 aliphatic rings. The smallest absolute Gasteiger partial charge is 0.475 e. The summed E-state index contributed by atoms with van der Waals surface area (Å²) in [6, 6.07) is 17.2. The Labute approximate surface area is 283 Å². The fraction of sp³-hybridized carbons (Fsp3) is 0.469. The number of carboxylic acids is 2. The highest BCUT2D eigenvalue weighted by atomic mass is 19.4. The molecule has 276 valence electrons. The number of nitrogens with zero attached hydrogens (tertiary/aromatic N) is 1. The number of carboxylic acid groups (broad SMARTS) is 2. The third-order valence-corrected chi connectivity index (χ3v) is 8.08. The molecule has 2 fully saturated rings. The van der Waals surface area contributed by atoms with Crippen molar-refractivity contribution in [3.8, 4) is 0 Å². The van der Waals surface area contributed by atoms with Crippen LogP contribution in [-0.4, -0.2) is 87.8 Å². The number of hydrogen-bond donors (Lipinski definition) is 6. The molecule has 50 heavy (non-hydrogen) atoms. The maximum atomic E-state index is 13.8. The van der Waals surface area contributed by atoms with Gasteiger partial charge in [-0.15, -0.1) is 0 Å². The fourth-order valence-corrected chi connectivity index (χ4v) is 5.46. The lowest BCUT2D eigenvalue weighted by atomic mass is 9.93. The largest absolute Gasteiger partial charge is 0.490 e. The van der Waals surface area contributed by atoms with Gasteiger partial charge in [0.2, 0.25) is 17.7 Å². The Morgan fingerprint density at radius 1 is 0.840 bits per heavy atom. The minimum absolute atomic E-state index is 0.0454. The van der Waals surface area contributed by atoms with Crippen molar-refractivity contribution in [1.82, 2.24) is 15.5 Å². The summed E-state index contributed by atoms with van der Waals surface area (Å²) in [4.78, 5) is 59.6. The van der Waals surface area contributed by atoms with Gasteiger partial charge in [0.1, 0.15) is 12.1 Å². The molecule has 2 aromatic rings. The van der Waals surface area contributed by atoms with Crippen molar-refractivity contribution in [3.63, 3.8) is 0 Å². The molecule has 0 unspecified atom stereocenters. The fourth-order valence-electron chi connectivity index (χ4n) is 5.46. The number of rotatable bonds is 8. The first-order chi connectivity index (χ1) is 23.3. The van der Waals surface area contributed by atoms with Gasteiger partial charge in [0.15, 0.2) is 0 Å². The molecule has 2 aliphatic heterocycles. The van der Waals surface area contributed by atoms with E-state index in [0.717, 1.165) is 24.0 Å². The zero-order chi connectivity index (χ0) is 37.8. The van der Waals surface area contributed by atoms with E-state index < -0.39 is 42.4 Å². The lowest BCUT2D eigenvalue weighted by Crippen LogP contribution is -2.58. The predicted octanol–water partition coefficient (Wildman–Crippen LogP) is 3.11. The van der Waals surface area contributed by atoms with Crippen LogP contribution in [0.25, 0.3) is 0 Å². The zero-order valence-corrected chi connectivity index (χ0v) is 26.8. The summed E-state index contributed by atoms with van der Waals surface area (Å²) >= 11 is 0. The summed E-state index contributed by atoms with van der Waals surface area (Å²) in [6.07, 6.45) is -6.90. The van der Waals surface area contributed by atoms with Crippen LogP contribution in [0.2, 0.25) is 0 Å². The molecular weight excluding hydrogens is 680 g/mol. The van der Waals surface area contributed by atoms with Gasteiger partial charge in [0.25, 0.3) is 0 Å². The van der Waals surface area contributed by atoms with Crippen LogP contribution in [0.15, 0.2) is 60.7 Å². The van der Waals surface area contributed by atoms with E-state index in [0.29, 0.717) is 19.3 Å². The van der Waals surface area contributed by atoms with Gasteiger partial charge in [0, 0.05) is 12.0 Å². The molecule has 0 bridgehead atoms. The van der Waals surface area contributed by atoms with E-state index in [1.807, 2.05) is 67.6 Å². The number of nitrogens with two attached hydrogens (primary N) is 2. The zero-order valence-electron chi connectivity index (χ0n) is 26.8. The van der Waals surface area contributed by atoms with E-state index in [2.05, 4.69) is 10.6 Å². The van der Waals surface area contributed by atoms with Crippen LogP contribution < -0.4 is 22.1 Å². The van der Waals surface area contributed by atoms with Gasteiger partial charge < -0.3 is 37.2 Å². The average molecular weight is 720 g/mol. The Balaban J connectivity index is 0.000000521. The monoisotopic (exact) mass is 719 g/mol. The standard InChI is InChI=1S/C28H37N5O3.2C2HF3O2/c1-2-22(30)26(34)32-25-20(17-29)13-14-21-15-16-23(33(21)28(25)36)27(35)31-24(18-9-5-3-6-10-18)19-11-7-4-8-12-19;2*3-2(4,5)1(6)7/h3-12,20-25H,2,13-17,29-30H2,1H3,(H,31,35)(H,32,34);2*(H,6,7)/t20-,21+,22+,23+,25+;;/m1../s1. The summed E-state index contributed by atoms with van der Waals surface area (Å²) in [5, 5.41) is 20.3. The second kappa shape index (κ2) is 18.3. The number of carbonyl (C=O) groups excluding carboxylic acids is 3. The van der Waals surface area contributed by atoms with Gasteiger partial charge in [-0.2, -0.15) is 26.3 Å². The van der Waals surface area contributed by atoms with Crippen molar-refractivity contribution in [2.45, 2.75) is 81.6 Å². The summed E-state index contributed by atoms with van der Waals surface area (Å²) in [5.41, 5.74) is 13.9. The second-order valence-corrected chi connectivity index (χ2v) is 11.4. The molecule has 4 rings (SSSR count). The van der Waals surface area contributed by atoms with E-state index in [4.69, 9.17) is 31.3 Å². The molecule has 2 heterocycles. The summed E-state index contributed by atoms with van der Waals surface area (Å²) in [5.74, 6) is -6.49. The highest BCUT2D eigenvalue weighted by Crippen LogP contribution is 2.34. The first kappa shape index (κ1) is 41.5. The third-order valence-electron chi connectivity index (χ3n) is 8.08. The maximum Gasteiger partial charge on any atom is 0.490 e. The average Bonchev–Trinajstić information content (AvgIpc) is 3.45. The second-order valence-electron chi connectivity index (χ2n) is 11.4. The summed E-state index contributed by atoms with van der Waals surface area (Å²) in [7, 11) is 0. The van der Waals surface area contributed by atoms with Gasteiger partial charge >= 0.3 is 24.3 Å². The normalized spacial score (nSPS) is 20.9. The van der Waals surface area contributed by atoms with Crippen molar-refractivity contribution < 1.29 is 60.5 Å². The van der Waals surface area contributed by atoms with Crippen molar-refractivity contribution in [3.05, 3.63) is 71.8 Å². The highest BCUT2D eigenvalue weighted by molar-refractivity contribution is 5.94. The molecule has 5 atom stereocenters. The van der Waals surface area contributed by atoms with Crippen LogP contribution in [-0.2, 0) is 24.0 Å². The van der Waals surface area contributed by atoms with Gasteiger partial charge in [-0.1, -0.05) is 67.6 Å². The van der Waals surface area contributed by atoms with E-state index in [1.165, 1.54) is 0 Å². The van der Waals surface area contributed by atoms with Crippen molar-refractivity contribution >= 4 is 29.7 Å². The minimum Gasteiger partial charge on any atom is -0.475 e. The quantitative estimate of drug-likeness (QED) is 0.222. The lowest BCUT2D eigenvalue weighted by molar-refractivity contribution is -0.193. The molecular formula is C32H39F6N5O7. The van der Waals surface area contributed by atoms with E-state index in [9.17, 15) is 40.7 Å². The molecule has 2 aromatic carbocycles. The molecule has 2 saturated heterocycles. The predicted molar refractivity (Wildman–Crippen MR) is 166 cm³/mol. The molecule has 0 saturated carbocycles. The first-order valence-electron chi connectivity index (χ1n) is 15.4. The number of fused-ring (bicyclic) bond motifs is 1. The molecule has 8 N–H and O–H groups in total. The summed E-state index contributed by atoms with van der Waals surface area (Å²) < 4.78 is 63.5. The van der Waals surface area contributed by atoms with E-state index in [-0.39, 0.29) is 42.3 Å². The van der Waals surface area contributed by atoms with Crippen molar-refractivity contribution in [1.29, 1.82) is 0 Å². The van der Waals surface area contributed by atoms with Gasteiger partial charge in [-0.25, -0.2) is 9.59 Å². The van der Waals surface area contributed by atoms with Crippen LogP contribution >= 0.6 is 0 Å². The van der Waals surface area contributed by atoms with Crippen LogP contribution in [0.1, 0.15) is 56.2 Å². The number of aliphatic carboxylic acids is 2. The Hall–Kier alpha value is -4.71. The molecule has 0 radical (unpaired) electrons. The number of halogens is 6. The molecule has 12 nitrogen and oxygen atoms in total. The van der Waals surface area contributed by atoms with E-state index >= 15 is 0 Å². The van der Waals surface area contributed by atoms with Crippen molar-refractivity contribution in [2.24, 2.45) is 17.4 Å². The first-order valence-corrected chi connectivity index (χ1v) is 15.4. The minimum atomic E-state index is -5.08. The number of nitrogens with one attached hydrogen (secondary N) is 2. The lowest BCUT2D eigenvalue weighted by Gasteiger charge is -2.33. The van der Waals surface area contributed by atoms with Crippen LogP contribution in [0.5, 0.6) is 0 Å². The molecule has 0 aromatic heterocycles. The molecule has 0 spiro atoms. The van der Waals surface area contributed by atoms with Crippen molar-refractivity contribution in [2.75, 3.05) is 6.54 Å². The van der Waals surface area contributed by atoms with Crippen LogP contribution in [0.4, 0.5) is 26.3 Å². The SMILES string of the molecule is CC[C@H](N)C(=O)N[C@@H]1C(=O)N2[C@@H](CC[C@@H]1CN)CC[C@H]2C(=O)NC(c1ccccc1)c1ccccc1.O=C(O)C(F)(F)F.O=C(O)C(F)(F)F. The Morgan fingerprint density at radius 3 is 1.68 bits per heavy atom. The van der Waals surface area contributed by atoms with Gasteiger partial charge in [-0.05, 0) is 49.8 Å². The van der Waals surface area contributed by atoms with Gasteiger partial charge in [-0.3, -0.25) is 14.4 Å². The number of carbonyl (C=O) groups is 5. The number of amides is 3. The van der Waals surface area contributed by atoms with Crippen LogP contribution in [0.3, 0.4) is 0 Å². The molecule has 3 amide bonds. The highest BCUT2D eigenvalue weighted by Gasteiger charge is 2.47. The molecule has 0 aliphatic carbocycles. The van der Waals surface area contributed by atoms with Crippen LogP contribution in [0, 0.1) is 5.92 Å². The number of hydrogen-bond acceptors (Lipinski definition) is 7. The topological polar surface area (TPSA) is 205 Å². The Kier molecular flexibility index (Phi) is 15.2. The Morgan fingerprint density at radius 2 is 1.28 bits per heavy atom. The van der Waals surface area contributed by atoms with E-state index in [1.54, 1.807) is 4.90 Å². The summed E-state index contributed by atoms with van der Waals surface area (Å²) in [6.45, 7) is 2.10. The maximum absolute atomic E-state index is 13.8. The number of benzene rings is 2. The van der Waals surface area contributed by atoms with Gasteiger partial charge in [0.05, 0.1) is 12.1 Å².